The van der Waals surface area contributed by atoms with Gasteiger partial charge in [-0.1, -0.05) is 23.4 Å². The highest BCUT2D eigenvalue weighted by Crippen LogP contribution is 2.23. The first-order chi connectivity index (χ1) is 11.4. The molecule has 0 saturated heterocycles. The lowest BCUT2D eigenvalue weighted by Gasteiger charge is -2.05. The van der Waals surface area contributed by atoms with Crippen LogP contribution in [0.2, 0.25) is 0 Å². The molecule has 1 N–H and O–H groups in total. The van der Waals surface area contributed by atoms with E-state index < -0.39 is 15.8 Å². The molecule has 0 aliphatic heterocycles. The molecule has 0 spiro atoms. The van der Waals surface area contributed by atoms with Gasteiger partial charge in [-0.2, -0.15) is 0 Å². The zero-order chi connectivity index (χ0) is 17.3. The van der Waals surface area contributed by atoms with Crippen LogP contribution in [-0.2, 0) is 9.84 Å². The molecule has 0 radical (unpaired) electrons. The van der Waals surface area contributed by atoms with Crippen molar-refractivity contribution in [3.63, 3.8) is 0 Å². The van der Waals surface area contributed by atoms with Gasteiger partial charge < -0.3 is 5.11 Å². The van der Waals surface area contributed by atoms with Crippen molar-refractivity contribution < 1.29 is 18.3 Å². The number of rotatable bonds is 4. The predicted octanol–water partition coefficient (Wildman–Crippen LogP) is 2.11. The number of nitrogens with zero attached hydrogens (tertiary/aromatic N) is 3. The second-order valence-corrected chi connectivity index (χ2v) is 6.93. The summed E-state index contributed by atoms with van der Waals surface area (Å²) in [5.74, 6) is -1.04. The Hall–Kier alpha value is -3.00. The highest BCUT2D eigenvalue weighted by atomic mass is 32.2. The van der Waals surface area contributed by atoms with E-state index in [0.29, 0.717) is 11.4 Å². The molecule has 3 rings (SSSR count). The number of carbonyl (C=O) groups is 1. The summed E-state index contributed by atoms with van der Waals surface area (Å²) >= 11 is 0. The molecule has 0 aliphatic carbocycles. The molecule has 3 aromatic rings. The molecule has 0 fully saturated rings. The Bertz CT molecular complexity index is 994. The van der Waals surface area contributed by atoms with Gasteiger partial charge in [0.05, 0.1) is 21.8 Å². The minimum Gasteiger partial charge on any atom is -0.478 e. The number of hydrogen-bond acceptors (Lipinski definition) is 5. The molecule has 122 valence electrons. The van der Waals surface area contributed by atoms with E-state index in [2.05, 4.69) is 10.3 Å². The first kappa shape index (κ1) is 15.9. The van der Waals surface area contributed by atoms with Crippen LogP contribution in [0.3, 0.4) is 0 Å². The number of sulfone groups is 1. The summed E-state index contributed by atoms with van der Waals surface area (Å²) < 4.78 is 26.7. The molecule has 0 atom stereocenters. The molecule has 0 unspecified atom stereocenters. The van der Waals surface area contributed by atoms with Crippen molar-refractivity contribution >= 4 is 15.8 Å². The minimum atomic E-state index is -3.77. The van der Waals surface area contributed by atoms with E-state index in [0.717, 1.165) is 0 Å². The van der Waals surface area contributed by atoms with Crippen LogP contribution in [0.15, 0.2) is 64.5 Å². The van der Waals surface area contributed by atoms with E-state index in [9.17, 15) is 13.2 Å². The van der Waals surface area contributed by atoms with Crippen LogP contribution in [0.5, 0.6) is 0 Å². The lowest BCUT2D eigenvalue weighted by Crippen LogP contribution is -2.06. The predicted molar refractivity (Wildman–Crippen MR) is 84.9 cm³/mol. The van der Waals surface area contributed by atoms with E-state index >= 15 is 0 Å². The van der Waals surface area contributed by atoms with Crippen molar-refractivity contribution in [2.24, 2.45) is 0 Å². The maximum atomic E-state index is 12.6. The largest absolute Gasteiger partial charge is 0.478 e. The SMILES string of the molecule is Cc1c(S(=O)(=O)c2ccccc2)nnn1-c1ccc(C(=O)O)cc1. The average Bonchev–Trinajstić information content (AvgIpc) is 2.98. The summed E-state index contributed by atoms with van der Waals surface area (Å²) in [6.45, 7) is 1.60. The molecule has 1 aromatic heterocycles. The molecule has 24 heavy (non-hydrogen) atoms. The van der Waals surface area contributed by atoms with Crippen molar-refractivity contribution in [2.45, 2.75) is 16.8 Å². The van der Waals surface area contributed by atoms with E-state index in [1.165, 1.54) is 28.9 Å². The summed E-state index contributed by atoms with van der Waals surface area (Å²) in [5, 5.41) is 16.5. The zero-order valence-corrected chi connectivity index (χ0v) is 13.4. The summed E-state index contributed by atoms with van der Waals surface area (Å²) in [6.07, 6.45) is 0. The molecular formula is C16H13N3O4S. The number of aromatic nitrogens is 3. The van der Waals surface area contributed by atoms with Gasteiger partial charge in [0, 0.05) is 0 Å². The van der Waals surface area contributed by atoms with Gasteiger partial charge in [0.2, 0.25) is 14.9 Å². The molecule has 0 aliphatic rings. The van der Waals surface area contributed by atoms with Crippen molar-refractivity contribution in [1.29, 1.82) is 0 Å². The molecule has 0 amide bonds. The summed E-state index contributed by atoms with van der Waals surface area (Å²) in [7, 11) is -3.77. The molecule has 0 saturated carbocycles. The zero-order valence-electron chi connectivity index (χ0n) is 12.6. The first-order valence-corrected chi connectivity index (χ1v) is 8.46. The van der Waals surface area contributed by atoms with E-state index in [1.807, 2.05) is 0 Å². The number of aromatic carboxylic acids is 1. The van der Waals surface area contributed by atoms with Gasteiger partial charge in [0.25, 0.3) is 0 Å². The maximum absolute atomic E-state index is 12.6. The van der Waals surface area contributed by atoms with Crippen molar-refractivity contribution in [2.75, 3.05) is 0 Å². The normalized spacial score (nSPS) is 11.4. The fraction of sp³-hybridized carbons (Fsp3) is 0.0625. The molecule has 7 nitrogen and oxygen atoms in total. The second kappa shape index (κ2) is 5.89. The molecule has 0 bridgehead atoms. The second-order valence-electron chi connectivity index (χ2n) is 5.06. The summed E-state index contributed by atoms with van der Waals surface area (Å²) in [5.41, 5.74) is 1.01. The molecule has 2 aromatic carbocycles. The monoisotopic (exact) mass is 343 g/mol. The van der Waals surface area contributed by atoms with E-state index in [4.69, 9.17) is 5.11 Å². The van der Waals surface area contributed by atoms with Gasteiger partial charge in [0.15, 0.2) is 0 Å². The fourth-order valence-corrected chi connectivity index (χ4v) is 3.62. The standard InChI is InChI=1S/C16H13N3O4S/c1-11-15(24(22,23)14-5-3-2-4-6-14)17-18-19(11)13-9-7-12(8-10-13)16(20)21/h2-10H,1H3,(H,20,21). The van der Waals surface area contributed by atoms with Gasteiger partial charge in [-0.3, -0.25) is 0 Å². The van der Waals surface area contributed by atoms with Crippen LogP contribution in [0.25, 0.3) is 5.69 Å². The van der Waals surface area contributed by atoms with Gasteiger partial charge >= 0.3 is 5.97 Å². The average molecular weight is 343 g/mol. The number of benzene rings is 2. The molecule has 8 heteroatoms. The molecular weight excluding hydrogens is 330 g/mol. The fourth-order valence-electron chi connectivity index (χ4n) is 2.27. The van der Waals surface area contributed by atoms with Crippen LogP contribution < -0.4 is 0 Å². The van der Waals surface area contributed by atoms with Gasteiger partial charge in [0.1, 0.15) is 0 Å². The van der Waals surface area contributed by atoms with Crippen molar-refractivity contribution in [1.82, 2.24) is 15.0 Å². The molecule has 1 heterocycles. The lowest BCUT2D eigenvalue weighted by atomic mass is 10.2. The smallest absolute Gasteiger partial charge is 0.335 e. The highest BCUT2D eigenvalue weighted by molar-refractivity contribution is 7.91. The van der Waals surface area contributed by atoms with Crippen molar-refractivity contribution in [3.05, 3.63) is 65.9 Å². The third kappa shape index (κ3) is 2.67. The number of carboxylic acid groups (broad SMARTS) is 1. The van der Waals surface area contributed by atoms with Crippen molar-refractivity contribution in [3.8, 4) is 5.69 Å². The quantitative estimate of drug-likeness (QED) is 0.778. The van der Waals surface area contributed by atoms with Crippen LogP contribution >= 0.6 is 0 Å². The van der Waals surface area contributed by atoms with Gasteiger partial charge in [-0.25, -0.2) is 17.9 Å². The number of hydrogen-bond donors (Lipinski definition) is 1. The summed E-state index contributed by atoms with van der Waals surface area (Å²) in [4.78, 5) is 11.0. The van der Waals surface area contributed by atoms with Crippen LogP contribution in [-0.4, -0.2) is 34.5 Å². The maximum Gasteiger partial charge on any atom is 0.335 e. The Labute approximate surface area is 138 Å². The third-order valence-electron chi connectivity index (χ3n) is 3.52. The Kier molecular flexibility index (Phi) is 3.90. The van der Waals surface area contributed by atoms with Gasteiger partial charge in [-0.15, -0.1) is 5.10 Å². The Balaban J connectivity index is 2.05. The van der Waals surface area contributed by atoms with Crippen LogP contribution in [0, 0.1) is 6.92 Å². The topological polar surface area (TPSA) is 102 Å². The van der Waals surface area contributed by atoms with Gasteiger partial charge in [-0.05, 0) is 43.3 Å². The highest BCUT2D eigenvalue weighted by Gasteiger charge is 2.25. The van der Waals surface area contributed by atoms with E-state index in [1.54, 1.807) is 37.3 Å². The summed E-state index contributed by atoms with van der Waals surface area (Å²) in [6, 6.07) is 13.9. The third-order valence-corrected chi connectivity index (χ3v) is 5.30. The lowest BCUT2D eigenvalue weighted by molar-refractivity contribution is 0.0697. The Morgan fingerprint density at radius 1 is 1.04 bits per heavy atom. The Morgan fingerprint density at radius 3 is 2.25 bits per heavy atom. The first-order valence-electron chi connectivity index (χ1n) is 6.97. The minimum absolute atomic E-state index is 0.129. The van der Waals surface area contributed by atoms with Crippen LogP contribution in [0.4, 0.5) is 0 Å². The Morgan fingerprint density at radius 2 is 1.67 bits per heavy atom. The number of carboxylic acids is 1. The van der Waals surface area contributed by atoms with Crippen LogP contribution in [0.1, 0.15) is 16.1 Å². The van der Waals surface area contributed by atoms with E-state index in [-0.39, 0.29) is 15.5 Å².